The monoisotopic (exact) mass is 437 g/mol. The Morgan fingerprint density at radius 1 is 0.909 bits per heavy atom. The molecule has 168 valence electrons. The molecule has 1 N–H and O–H groups in total. The number of H-pyrrole nitrogens is 1. The molecule has 0 aliphatic heterocycles. The molecule has 0 saturated carbocycles. The van der Waals surface area contributed by atoms with Crippen LogP contribution in [0.15, 0.2) is 72.8 Å². The Labute approximate surface area is 195 Å². The van der Waals surface area contributed by atoms with Crippen molar-refractivity contribution in [2.45, 2.75) is 50.9 Å². The molecule has 3 aromatic carbocycles. The van der Waals surface area contributed by atoms with Crippen molar-refractivity contribution in [3.8, 4) is 5.75 Å². The number of rotatable bonds is 7. The number of aromatic nitrogens is 1. The van der Waals surface area contributed by atoms with E-state index in [1.54, 1.807) is 7.11 Å². The van der Waals surface area contributed by atoms with E-state index in [9.17, 15) is 4.79 Å². The summed E-state index contributed by atoms with van der Waals surface area (Å²) in [5.41, 5.74) is 7.44. The summed E-state index contributed by atoms with van der Waals surface area (Å²) in [7, 11) is 1.69. The zero-order chi connectivity index (χ0) is 22.6. The van der Waals surface area contributed by atoms with Crippen LogP contribution in [0, 0.1) is 0 Å². The minimum Gasteiger partial charge on any atom is -0.497 e. The zero-order valence-corrected chi connectivity index (χ0v) is 19.3. The first kappa shape index (κ1) is 21.5. The van der Waals surface area contributed by atoms with Gasteiger partial charge in [-0.2, -0.15) is 0 Å². The fraction of sp³-hybridized carbons (Fsp3) is 0.300. The van der Waals surface area contributed by atoms with E-state index in [1.165, 1.54) is 52.5 Å². The number of benzene rings is 3. The Morgan fingerprint density at radius 2 is 1.67 bits per heavy atom. The molecule has 1 aliphatic carbocycles. The molecule has 1 heterocycles. The van der Waals surface area contributed by atoms with Gasteiger partial charge in [0.2, 0.25) is 0 Å². The van der Waals surface area contributed by atoms with E-state index < -0.39 is 0 Å². The van der Waals surface area contributed by atoms with Crippen LogP contribution in [0.3, 0.4) is 0 Å². The number of Topliss-reactive ketones (excluding diaryl/α,β-unsaturated/α-hetero) is 1. The largest absolute Gasteiger partial charge is 0.497 e. The van der Waals surface area contributed by atoms with E-state index in [0.29, 0.717) is 6.42 Å². The molecular weight excluding hydrogens is 406 g/mol. The van der Waals surface area contributed by atoms with E-state index in [4.69, 9.17) is 4.74 Å². The van der Waals surface area contributed by atoms with Gasteiger partial charge in [-0.3, -0.25) is 4.79 Å². The summed E-state index contributed by atoms with van der Waals surface area (Å²) in [6, 6.07) is 24.8. The van der Waals surface area contributed by atoms with Crippen LogP contribution in [0.2, 0.25) is 0 Å². The highest BCUT2D eigenvalue weighted by Gasteiger charge is 2.20. The predicted octanol–water partition coefficient (Wildman–Crippen LogP) is 7.24. The van der Waals surface area contributed by atoms with Crippen LogP contribution in [-0.4, -0.2) is 17.9 Å². The SMILES string of the molecule is COc1ccc(C(CCC(=O)c2ccccc2)c2ccc3[nH]c4c(c3c2)CCCCC4)cc1. The van der Waals surface area contributed by atoms with Gasteiger partial charge in [-0.25, -0.2) is 0 Å². The number of ketones is 1. The maximum Gasteiger partial charge on any atom is 0.162 e. The number of hydrogen-bond donors (Lipinski definition) is 1. The first-order chi connectivity index (χ1) is 16.2. The summed E-state index contributed by atoms with van der Waals surface area (Å²) < 4.78 is 5.37. The third kappa shape index (κ3) is 4.59. The van der Waals surface area contributed by atoms with Gasteiger partial charge in [0.25, 0.3) is 0 Å². The van der Waals surface area contributed by atoms with E-state index >= 15 is 0 Å². The van der Waals surface area contributed by atoms with Crippen LogP contribution in [0.4, 0.5) is 0 Å². The number of aryl methyl sites for hydroxylation is 2. The number of ether oxygens (including phenoxy) is 1. The zero-order valence-electron chi connectivity index (χ0n) is 19.3. The molecule has 33 heavy (non-hydrogen) atoms. The van der Waals surface area contributed by atoms with Gasteiger partial charge in [-0.1, -0.05) is 55.0 Å². The third-order valence-electron chi connectivity index (χ3n) is 7.05. The van der Waals surface area contributed by atoms with Crippen molar-refractivity contribution in [3.63, 3.8) is 0 Å². The average molecular weight is 438 g/mol. The first-order valence-electron chi connectivity index (χ1n) is 12.1. The van der Waals surface area contributed by atoms with Crippen molar-refractivity contribution in [1.82, 2.24) is 4.98 Å². The molecular formula is C30H31NO2. The predicted molar refractivity (Wildman–Crippen MR) is 134 cm³/mol. The molecule has 0 fully saturated rings. The average Bonchev–Trinajstić information content (AvgIpc) is 3.04. The number of nitrogens with one attached hydrogen (secondary N) is 1. The molecule has 1 unspecified atom stereocenters. The molecule has 0 amide bonds. The lowest BCUT2D eigenvalue weighted by Gasteiger charge is -2.19. The Balaban J connectivity index is 1.49. The number of carbonyl (C=O) groups excluding carboxylic acids is 1. The van der Waals surface area contributed by atoms with E-state index in [1.807, 2.05) is 42.5 Å². The Morgan fingerprint density at radius 3 is 2.45 bits per heavy atom. The fourth-order valence-electron chi connectivity index (χ4n) is 5.22. The first-order valence-corrected chi connectivity index (χ1v) is 12.1. The topological polar surface area (TPSA) is 42.1 Å². The minimum absolute atomic E-state index is 0.157. The second-order valence-electron chi connectivity index (χ2n) is 9.10. The Bertz CT molecular complexity index is 1240. The highest BCUT2D eigenvalue weighted by molar-refractivity contribution is 5.96. The summed E-state index contributed by atoms with van der Waals surface area (Å²) in [4.78, 5) is 16.6. The summed E-state index contributed by atoms with van der Waals surface area (Å²) in [6.45, 7) is 0. The van der Waals surface area contributed by atoms with Crippen molar-refractivity contribution in [2.24, 2.45) is 0 Å². The number of hydrogen-bond acceptors (Lipinski definition) is 2. The number of methoxy groups -OCH3 is 1. The second-order valence-corrected chi connectivity index (χ2v) is 9.10. The lowest BCUT2D eigenvalue weighted by atomic mass is 9.85. The van der Waals surface area contributed by atoms with Crippen LogP contribution in [0.5, 0.6) is 5.75 Å². The molecule has 1 aromatic heterocycles. The summed E-state index contributed by atoms with van der Waals surface area (Å²) >= 11 is 0. The van der Waals surface area contributed by atoms with Crippen molar-refractivity contribution >= 4 is 16.7 Å². The lowest BCUT2D eigenvalue weighted by Crippen LogP contribution is -2.06. The van der Waals surface area contributed by atoms with Gasteiger partial charge in [0.15, 0.2) is 5.78 Å². The van der Waals surface area contributed by atoms with Crippen molar-refractivity contribution in [3.05, 3.63) is 101 Å². The van der Waals surface area contributed by atoms with E-state index in [-0.39, 0.29) is 11.7 Å². The summed E-state index contributed by atoms with van der Waals surface area (Å²) in [6.07, 6.45) is 7.42. The molecule has 3 heteroatoms. The molecule has 0 radical (unpaired) electrons. The number of aromatic amines is 1. The third-order valence-corrected chi connectivity index (χ3v) is 7.05. The lowest BCUT2D eigenvalue weighted by molar-refractivity contribution is 0.0978. The molecule has 4 aromatic rings. The highest BCUT2D eigenvalue weighted by Crippen LogP contribution is 2.35. The van der Waals surface area contributed by atoms with Crippen molar-refractivity contribution in [2.75, 3.05) is 7.11 Å². The summed E-state index contributed by atoms with van der Waals surface area (Å²) in [5, 5.41) is 1.36. The van der Waals surface area contributed by atoms with Gasteiger partial charge in [0, 0.05) is 34.5 Å². The molecule has 1 aliphatic rings. The van der Waals surface area contributed by atoms with Crippen molar-refractivity contribution < 1.29 is 9.53 Å². The van der Waals surface area contributed by atoms with Crippen LogP contribution in [0.25, 0.3) is 10.9 Å². The molecule has 3 nitrogen and oxygen atoms in total. The van der Waals surface area contributed by atoms with Gasteiger partial charge in [0.1, 0.15) is 5.75 Å². The highest BCUT2D eigenvalue weighted by atomic mass is 16.5. The Kier molecular flexibility index (Phi) is 6.30. The van der Waals surface area contributed by atoms with Crippen LogP contribution < -0.4 is 4.74 Å². The van der Waals surface area contributed by atoms with E-state index in [2.05, 4.69) is 35.3 Å². The quantitative estimate of drug-likeness (QED) is 0.245. The van der Waals surface area contributed by atoms with Crippen LogP contribution in [-0.2, 0) is 12.8 Å². The maximum absolute atomic E-state index is 12.9. The maximum atomic E-state index is 12.9. The number of fused-ring (bicyclic) bond motifs is 3. The van der Waals surface area contributed by atoms with Crippen molar-refractivity contribution in [1.29, 1.82) is 0 Å². The van der Waals surface area contributed by atoms with Gasteiger partial charge in [-0.05, 0) is 73.1 Å². The van der Waals surface area contributed by atoms with E-state index in [0.717, 1.165) is 30.6 Å². The van der Waals surface area contributed by atoms with Crippen LogP contribution in [0.1, 0.15) is 70.8 Å². The Hall–Kier alpha value is -3.33. The molecule has 0 spiro atoms. The van der Waals surface area contributed by atoms with Gasteiger partial charge < -0.3 is 9.72 Å². The van der Waals surface area contributed by atoms with Crippen LogP contribution >= 0.6 is 0 Å². The van der Waals surface area contributed by atoms with Gasteiger partial charge >= 0.3 is 0 Å². The molecule has 5 rings (SSSR count). The number of carbonyl (C=O) groups is 1. The smallest absolute Gasteiger partial charge is 0.162 e. The molecule has 1 atom stereocenters. The second kappa shape index (κ2) is 9.66. The minimum atomic E-state index is 0.157. The van der Waals surface area contributed by atoms with Gasteiger partial charge in [-0.15, -0.1) is 0 Å². The normalized spacial score (nSPS) is 14.5. The standard InChI is InChI=1S/C30H31NO2/c1-33-24-15-12-21(13-16-24)25(17-19-30(32)22-8-4-2-5-9-22)23-14-18-29-27(20-23)26-10-6-3-7-11-28(26)31-29/h2,4-5,8-9,12-16,18,20,25,31H,3,6-7,10-11,17,19H2,1H3. The summed E-state index contributed by atoms with van der Waals surface area (Å²) in [5.74, 6) is 1.21. The molecule has 0 bridgehead atoms. The van der Waals surface area contributed by atoms with Gasteiger partial charge in [0.05, 0.1) is 7.11 Å². The fourth-order valence-corrected chi connectivity index (χ4v) is 5.22. The molecule has 0 saturated heterocycles.